The molecule has 2 aromatic heterocycles. The third-order valence-electron chi connectivity index (χ3n) is 3.06. The van der Waals surface area contributed by atoms with E-state index in [0.29, 0.717) is 17.8 Å². The Bertz CT molecular complexity index is 843. The Hall–Kier alpha value is -2.47. The van der Waals surface area contributed by atoms with Gasteiger partial charge in [0.2, 0.25) is 4.80 Å². The van der Waals surface area contributed by atoms with Crippen LogP contribution in [0.5, 0.6) is 0 Å². The largest absolute Gasteiger partial charge is 0.360 e. The predicted molar refractivity (Wildman–Crippen MR) is 87.6 cm³/mol. The first-order valence-corrected chi connectivity index (χ1v) is 7.81. The average molecular weight is 314 g/mol. The molecule has 112 valence electrons. The van der Waals surface area contributed by atoms with E-state index >= 15 is 0 Å². The topological polar surface area (TPSA) is 45.4 Å². The average Bonchev–Trinajstić information content (AvgIpc) is 3.16. The van der Waals surface area contributed by atoms with E-state index in [9.17, 15) is 4.39 Å². The highest BCUT2D eigenvalue weighted by Gasteiger charge is 2.11. The number of nitrogens with one attached hydrogen (secondary N) is 1. The lowest BCUT2D eigenvalue weighted by Crippen LogP contribution is -2.12. The molecule has 22 heavy (non-hydrogen) atoms. The molecule has 0 saturated carbocycles. The van der Waals surface area contributed by atoms with Crippen molar-refractivity contribution >= 4 is 17.6 Å². The van der Waals surface area contributed by atoms with E-state index in [4.69, 9.17) is 0 Å². The Kier molecular flexibility index (Phi) is 4.29. The molecule has 1 N–H and O–H groups in total. The molecule has 0 spiro atoms. The van der Waals surface area contributed by atoms with E-state index in [-0.39, 0.29) is 5.82 Å². The molecule has 0 unspecified atom stereocenters. The first-order chi connectivity index (χ1) is 10.8. The summed E-state index contributed by atoms with van der Waals surface area (Å²) in [4.78, 5) is 8.21. The molecule has 4 nitrogen and oxygen atoms in total. The normalized spacial score (nSPS) is 12.4. The van der Waals surface area contributed by atoms with Crippen molar-refractivity contribution in [1.82, 2.24) is 9.66 Å². The van der Waals surface area contributed by atoms with Crippen LogP contribution in [0.1, 0.15) is 12.6 Å². The van der Waals surface area contributed by atoms with Crippen molar-refractivity contribution in [3.63, 3.8) is 0 Å². The van der Waals surface area contributed by atoms with Crippen LogP contribution in [-0.2, 0) is 0 Å². The number of aromatic nitrogens is 2. The lowest BCUT2D eigenvalue weighted by Gasteiger charge is -2.04. The predicted octanol–water partition coefficient (Wildman–Crippen LogP) is 3.49. The van der Waals surface area contributed by atoms with E-state index in [2.05, 4.69) is 15.1 Å². The van der Waals surface area contributed by atoms with Crippen LogP contribution >= 0.6 is 11.3 Å². The molecular weight excluding hydrogens is 299 g/mol. The number of hydrogen-bond acceptors (Lipinski definition) is 3. The van der Waals surface area contributed by atoms with Gasteiger partial charge in [-0.2, -0.15) is 5.10 Å². The van der Waals surface area contributed by atoms with Crippen molar-refractivity contribution in [2.75, 3.05) is 6.54 Å². The second-order valence-corrected chi connectivity index (χ2v) is 5.38. The first-order valence-electron chi connectivity index (χ1n) is 6.93. The highest BCUT2D eigenvalue weighted by molar-refractivity contribution is 7.07. The number of aromatic amines is 1. The molecule has 0 aliphatic rings. The van der Waals surface area contributed by atoms with Crippen LogP contribution in [-0.4, -0.2) is 22.4 Å². The summed E-state index contributed by atoms with van der Waals surface area (Å²) in [5, 5.41) is 6.33. The van der Waals surface area contributed by atoms with Crippen LogP contribution in [0.15, 0.2) is 58.1 Å². The third kappa shape index (κ3) is 2.92. The number of nitrogens with zero attached hydrogens (tertiary/aromatic N) is 3. The molecule has 0 atom stereocenters. The maximum atomic E-state index is 14.1. The third-order valence-corrected chi connectivity index (χ3v) is 3.92. The van der Waals surface area contributed by atoms with Crippen LogP contribution in [0.3, 0.4) is 0 Å². The smallest absolute Gasteiger partial charge is 0.206 e. The van der Waals surface area contributed by atoms with Crippen molar-refractivity contribution < 1.29 is 4.39 Å². The van der Waals surface area contributed by atoms with Crippen molar-refractivity contribution in [3.05, 3.63) is 64.3 Å². The van der Waals surface area contributed by atoms with Gasteiger partial charge in [0.15, 0.2) is 0 Å². The quantitative estimate of drug-likeness (QED) is 0.717. The minimum atomic E-state index is -0.271. The number of H-pyrrole nitrogens is 1. The summed E-state index contributed by atoms with van der Waals surface area (Å²) < 4.78 is 15.7. The van der Waals surface area contributed by atoms with Crippen LogP contribution in [0.25, 0.3) is 11.3 Å². The fraction of sp³-hybridized carbons (Fsp3) is 0.125. The van der Waals surface area contributed by atoms with Crippen molar-refractivity contribution in [2.45, 2.75) is 6.92 Å². The maximum absolute atomic E-state index is 14.1. The van der Waals surface area contributed by atoms with Gasteiger partial charge < -0.3 is 4.98 Å². The van der Waals surface area contributed by atoms with Crippen molar-refractivity contribution in [2.24, 2.45) is 10.1 Å². The summed E-state index contributed by atoms with van der Waals surface area (Å²) in [5.74, 6) is -0.271. The Balaban J connectivity index is 2.12. The fourth-order valence-corrected chi connectivity index (χ4v) is 2.95. The summed E-state index contributed by atoms with van der Waals surface area (Å²) in [6, 6.07) is 10.5. The summed E-state index contributed by atoms with van der Waals surface area (Å²) in [5.41, 5.74) is 2.08. The maximum Gasteiger partial charge on any atom is 0.206 e. The summed E-state index contributed by atoms with van der Waals surface area (Å²) in [7, 11) is 0. The lowest BCUT2D eigenvalue weighted by molar-refractivity contribution is 0.629. The van der Waals surface area contributed by atoms with Crippen LogP contribution in [0, 0.1) is 5.82 Å². The Morgan fingerprint density at radius 1 is 1.27 bits per heavy atom. The Morgan fingerprint density at radius 2 is 2.14 bits per heavy atom. The fourth-order valence-electron chi connectivity index (χ4n) is 2.05. The van der Waals surface area contributed by atoms with Crippen LogP contribution < -0.4 is 4.80 Å². The summed E-state index contributed by atoms with van der Waals surface area (Å²) in [6.45, 7) is 2.61. The van der Waals surface area contributed by atoms with E-state index in [1.807, 2.05) is 36.7 Å². The number of rotatable bonds is 4. The van der Waals surface area contributed by atoms with Gasteiger partial charge in [-0.05, 0) is 31.2 Å². The molecule has 2 heterocycles. The zero-order valence-electron chi connectivity index (χ0n) is 12.0. The lowest BCUT2D eigenvalue weighted by atomic mass is 10.1. The van der Waals surface area contributed by atoms with Gasteiger partial charge in [0.1, 0.15) is 5.82 Å². The Labute approximate surface area is 131 Å². The second-order valence-electron chi connectivity index (χ2n) is 4.54. The van der Waals surface area contributed by atoms with Gasteiger partial charge in [-0.15, -0.1) is 11.3 Å². The zero-order chi connectivity index (χ0) is 15.4. The number of halogens is 1. The molecule has 1 aromatic carbocycles. The van der Waals surface area contributed by atoms with Crippen molar-refractivity contribution in [1.29, 1.82) is 0 Å². The minimum absolute atomic E-state index is 0.271. The highest BCUT2D eigenvalue weighted by atomic mass is 32.1. The van der Waals surface area contributed by atoms with E-state index in [1.165, 1.54) is 17.4 Å². The van der Waals surface area contributed by atoms with Gasteiger partial charge in [0.25, 0.3) is 0 Å². The monoisotopic (exact) mass is 314 g/mol. The van der Waals surface area contributed by atoms with Gasteiger partial charge in [-0.25, -0.2) is 9.07 Å². The highest BCUT2D eigenvalue weighted by Crippen LogP contribution is 2.23. The molecule has 6 heteroatoms. The SMILES string of the molecule is CCN=c1scc(-c2ccccc2F)n1N=Cc1ccc[nH]1. The molecule has 0 bridgehead atoms. The zero-order valence-corrected chi connectivity index (χ0v) is 12.8. The summed E-state index contributed by atoms with van der Waals surface area (Å²) in [6.07, 6.45) is 3.53. The Morgan fingerprint density at radius 3 is 2.86 bits per heavy atom. The van der Waals surface area contributed by atoms with E-state index in [0.717, 1.165) is 10.5 Å². The van der Waals surface area contributed by atoms with Crippen molar-refractivity contribution in [3.8, 4) is 11.3 Å². The second kappa shape index (κ2) is 6.53. The van der Waals surface area contributed by atoms with Gasteiger partial charge in [0.05, 0.1) is 17.6 Å². The molecule has 0 fully saturated rings. The first kappa shape index (κ1) is 14.5. The molecule has 0 saturated heterocycles. The number of thiazole rings is 1. The molecule has 3 rings (SSSR count). The minimum Gasteiger partial charge on any atom is -0.360 e. The molecule has 0 radical (unpaired) electrons. The van der Waals surface area contributed by atoms with Gasteiger partial charge in [-0.3, -0.25) is 4.99 Å². The standard InChI is InChI=1S/C16H15FN4S/c1-2-18-16-21(20-10-12-6-5-9-19-12)15(11-22-16)13-7-3-4-8-14(13)17/h3-11,19H,2H2,1H3. The molecule has 0 aliphatic carbocycles. The van der Waals surface area contributed by atoms with Gasteiger partial charge in [0, 0.05) is 23.7 Å². The number of benzene rings is 1. The molecule has 0 aliphatic heterocycles. The van der Waals surface area contributed by atoms with Gasteiger partial charge >= 0.3 is 0 Å². The van der Waals surface area contributed by atoms with Gasteiger partial charge in [-0.1, -0.05) is 12.1 Å². The van der Waals surface area contributed by atoms with Crippen LogP contribution in [0.4, 0.5) is 4.39 Å². The van der Waals surface area contributed by atoms with E-state index < -0.39 is 0 Å². The van der Waals surface area contributed by atoms with E-state index in [1.54, 1.807) is 23.0 Å². The molecule has 3 aromatic rings. The number of hydrogen-bond donors (Lipinski definition) is 1. The molecule has 0 amide bonds. The molecular formula is C16H15FN4S. The van der Waals surface area contributed by atoms with Crippen LogP contribution in [0.2, 0.25) is 0 Å². The summed E-state index contributed by atoms with van der Waals surface area (Å²) >= 11 is 1.45.